The third kappa shape index (κ3) is 7.69. The van der Waals surface area contributed by atoms with Crippen molar-refractivity contribution in [3.63, 3.8) is 0 Å². The van der Waals surface area contributed by atoms with Crippen LogP contribution < -0.4 is 15.4 Å². The first-order valence-corrected chi connectivity index (χ1v) is 10.2. The summed E-state index contributed by atoms with van der Waals surface area (Å²) in [5.74, 6) is 1.19. The Bertz CT molecular complexity index is 823. The monoisotopic (exact) mass is 415 g/mol. The van der Waals surface area contributed by atoms with Crippen molar-refractivity contribution in [2.45, 2.75) is 33.7 Å². The number of hydrogen-bond donors (Lipinski definition) is 2. The van der Waals surface area contributed by atoms with Gasteiger partial charge in [0.25, 0.3) is 0 Å². The van der Waals surface area contributed by atoms with E-state index in [1.165, 1.54) is 12.1 Å². The summed E-state index contributed by atoms with van der Waals surface area (Å²) in [6.45, 7) is 9.02. The maximum atomic E-state index is 13.2. The van der Waals surface area contributed by atoms with E-state index in [1.54, 1.807) is 24.4 Å². The molecule has 0 aliphatic carbocycles. The van der Waals surface area contributed by atoms with Crippen LogP contribution in [0.1, 0.15) is 32.8 Å². The van der Waals surface area contributed by atoms with Crippen molar-refractivity contribution in [3.8, 4) is 11.6 Å². The number of hydrogen-bond acceptors (Lipinski definition) is 4. The predicted octanol–water partition coefficient (Wildman–Crippen LogP) is 3.33. The lowest BCUT2D eigenvalue weighted by molar-refractivity contribution is -0.130. The van der Waals surface area contributed by atoms with Crippen molar-refractivity contribution >= 4 is 11.9 Å². The quantitative estimate of drug-likeness (QED) is 0.460. The minimum Gasteiger partial charge on any atom is -0.439 e. The second kappa shape index (κ2) is 12.4. The summed E-state index contributed by atoms with van der Waals surface area (Å²) in [6, 6.07) is 9.49. The number of amides is 1. The highest BCUT2D eigenvalue weighted by Crippen LogP contribution is 2.20. The molecule has 1 amide bonds. The second-order valence-electron chi connectivity index (χ2n) is 6.50. The number of halogens is 1. The number of nitrogens with zero attached hydrogens (tertiary/aromatic N) is 3. The molecule has 2 aromatic rings. The first-order valence-electron chi connectivity index (χ1n) is 10.2. The van der Waals surface area contributed by atoms with Gasteiger partial charge in [-0.15, -0.1) is 0 Å². The van der Waals surface area contributed by atoms with E-state index in [9.17, 15) is 9.18 Å². The number of guanidine groups is 1. The number of rotatable bonds is 10. The molecule has 1 heterocycles. The first kappa shape index (κ1) is 23.1. The number of carbonyl (C=O) groups is 1. The number of nitrogens with one attached hydrogen (secondary N) is 2. The fourth-order valence-corrected chi connectivity index (χ4v) is 2.75. The van der Waals surface area contributed by atoms with Crippen LogP contribution in [0.15, 0.2) is 47.6 Å². The largest absolute Gasteiger partial charge is 0.439 e. The van der Waals surface area contributed by atoms with Gasteiger partial charge in [0.2, 0.25) is 11.8 Å². The minimum absolute atomic E-state index is 0.126. The van der Waals surface area contributed by atoms with E-state index in [4.69, 9.17) is 4.74 Å². The van der Waals surface area contributed by atoms with Crippen LogP contribution in [0.5, 0.6) is 11.6 Å². The summed E-state index contributed by atoms with van der Waals surface area (Å²) in [6.07, 6.45) is 2.09. The molecule has 7 nitrogen and oxygen atoms in total. The number of aliphatic imine (C=N–C) groups is 1. The molecular weight excluding hydrogens is 385 g/mol. The lowest BCUT2D eigenvalue weighted by Crippen LogP contribution is -2.40. The smallest absolute Gasteiger partial charge is 0.224 e. The lowest BCUT2D eigenvalue weighted by atomic mass is 10.3. The van der Waals surface area contributed by atoms with E-state index < -0.39 is 0 Å². The van der Waals surface area contributed by atoms with Gasteiger partial charge in [-0.25, -0.2) is 14.4 Å². The van der Waals surface area contributed by atoms with Gasteiger partial charge in [0.15, 0.2) is 5.96 Å². The number of carbonyl (C=O) groups excluding carboxylic acids is 1. The molecule has 0 bridgehead atoms. The summed E-state index contributed by atoms with van der Waals surface area (Å²) in [5.41, 5.74) is 0.901. The highest BCUT2D eigenvalue weighted by molar-refractivity contribution is 5.81. The fraction of sp³-hybridized carbons (Fsp3) is 0.409. The molecule has 0 fully saturated rings. The van der Waals surface area contributed by atoms with Crippen LogP contribution >= 0.6 is 0 Å². The average molecular weight is 416 g/mol. The molecule has 0 atom stereocenters. The van der Waals surface area contributed by atoms with Gasteiger partial charge in [0.1, 0.15) is 11.6 Å². The summed E-state index contributed by atoms with van der Waals surface area (Å²) in [7, 11) is 0. The molecule has 30 heavy (non-hydrogen) atoms. The van der Waals surface area contributed by atoms with E-state index in [-0.39, 0.29) is 11.7 Å². The molecule has 0 spiro atoms. The van der Waals surface area contributed by atoms with Crippen LogP contribution in [-0.4, -0.2) is 47.9 Å². The predicted molar refractivity (Wildman–Crippen MR) is 116 cm³/mol. The standard InChI is InChI=1S/C22H30FN5O2/c1-4-24-22(25-13-12-21(29)28(5-2)6-3)27-16-17-10-11-20(26-15-17)30-19-9-7-8-18(23)14-19/h7-11,14-15H,4-6,12-13,16H2,1-3H3,(H2,24,25,27). The molecule has 0 aliphatic rings. The van der Waals surface area contributed by atoms with E-state index in [2.05, 4.69) is 20.6 Å². The van der Waals surface area contributed by atoms with E-state index in [0.29, 0.717) is 43.6 Å². The van der Waals surface area contributed by atoms with Crippen molar-refractivity contribution in [3.05, 3.63) is 54.0 Å². The maximum absolute atomic E-state index is 13.2. The average Bonchev–Trinajstić information content (AvgIpc) is 2.74. The van der Waals surface area contributed by atoms with Gasteiger partial charge in [-0.3, -0.25) is 4.79 Å². The van der Waals surface area contributed by atoms with Gasteiger partial charge in [-0.05, 0) is 38.5 Å². The molecule has 162 valence electrons. The Morgan fingerprint density at radius 1 is 1.17 bits per heavy atom. The third-order valence-corrected chi connectivity index (χ3v) is 4.33. The van der Waals surface area contributed by atoms with E-state index in [1.807, 2.05) is 31.7 Å². The van der Waals surface area contributed by atoms with Crippen LogP contribution in [-0.2, 0) is 11.3 Å². The summed E-state index contributed by atoms with van der Waals surface area (Å²) >= 11 is 0. The first-order chi connectivity index (χ1) is 14.5. The minimum atomic E-state index is -0.360. The number of pyridine rings is 1. The zero-order chi connectivity index (χ0) is 21.8. The van der Waals surface area contributed by atoms with Gasteiger partial charge >= 0.3 is 0 Å². The van der Waals surface area contributed by atoms with Crippen LogP contribution in [0.3, 0.4) is 0 Å². The van der Waals surface area contributed by atoms with Crippen molar-refractivity contribution in [2.24, 2.45) is 4.99 Å². The van der Waals surface area contributed by atoms with Crippen LogP contribution in [0.25, 0.3) is 0 Å². The van der Waals surface area contributed by atoms with Crippen LogP contribution in [0.2, 0.25) is 0 Å². The second-order valence-corrected chi connectivity index (χ2v) is 6.50. The Hall–Kier alpha value is -3.16. The Balaban J connectivity index is 1.88. The maximum Gasteiger partial charge on any atom is 0.224 e. The fourth-order valence-electron chi connectivity index (χ4n) is 2.75. The molecular formula is C22H30FN5O2. The van der Waals surface area contributed by atoms with Crippen molar-refractivity contribution in [1.82, 2.24) is 20.5 Å². The molecule has 0 saturated heterocycles. The molecule has 0 radical (unpaired) electrons. The van der Waals surface area contributed by atoms with Crippen molar-refractivity contribution in [2.75, 3.05) is 26.2 Å². The zero-order valence-electron chi connectivity index (χ0n) is 17.8. The normalized spacial score (nSPS) is 11.1. The van der Waals surface area contributed by atoms with E-state index in [0.717, 1.165) is 18.7 Å². The summed E-state index contributed by atoms with van der Waals surface area (Å²) < 4.78 is 18.8. The summed E-state index contributed by atoms with van der Waals surface area (Å²) in [4.78, 5) is 22.7. The molecule has 1 aromatic carbocycles. The molecule has 1 aromatic heterocycles. The van der Waals surface area contributed by atoms with Gasteiger partial charge in [-0.1, -0.05) is 12.1 Å². The highest BCUT2D eigenvalue weighted by Gasteiger charge is 2.09. The van der Waals surface area contributed by atoms with Gasteiger partial charge in [0.05, 0.1) is 6.54 Å². The summed E-state index contributed by atoms with van der Waals surface area (Å²) in [5, 5.41) is 6.35. The SMILES string of the molecule is CCNC(=NCc1ccc(Oc2cccc(F)c2)nc1)NCCC(=O)N(CC)CC. The number of ether oxygens (including phenoxy) is 1. The van der Waals surface area contributed by atoms with Crippen LogP contribution in [0, 0.1) is 5.82 Å². The topological polar surface area (TPSA) is 78.9 Å². The molecule has 2 N–H and O–H groups in total. The molecule has 0 unspecified atom stereocenters. The van der Waals surface area contributed by atoms with Crippen molar-refractivity contribution < 1.29 is 13.9 Å². The van der Waals surface area contributed by atoms with Gasteiger partial charge in [0, 0.05) is 50.9 Å². The van der Waals surface area contributed by atoms with Gasteiger partial charge < -0.3 is 20.3 Å². The zero-order valence-corrected chi connectivity index (χ0v) is 17.8. The molecule has 0 saturated carbocycles. The van der Waals surface area contributed by atoms with Crippen LogP contribution in [0.4, 0.5) is 4.39 Å². The van der Waals surface area contributed by atoms with E-state index >= 15 is 0 Å². The highest BCUT2D eigenvalue weighted by atomic mass is 19.1. The Kier molecular flexibility index (Phi) is 9.57. The van der Waals surface area contributed by atoms with Crippen molar-refractivity contribution in [1.29, 1.82) is 0 Å². The lowest BCUT2D eigenvalue weighted by Gasteiger charge is -2.19. The molecule has 8 heteroatoms. The molecule has 0 aliphatic heterocycles. The Morgan fingerprint density at radius 2 is 1.97 bits per heavy atom. The Labute approximate surface area is 177 Å². The third-order valence-electron chi connectivity index (χ3n) is 4.33. The number of aromatic nitrogens is 1. The number of benzene rings is 1. The Morgan fingerprint density at radius 3 is 2.60 bits per heavy atom. The van der Waals surface area contributed by atoms with Gasteiger partial charge in [-0.2, -0.15) is 0 Å². The molecule has 2 rings (SSSR count).